The van der Waals surface area contributed by atoms with Crippen molar-refractivity contribution in [2.75, 3.05) is 26.2 Å². The van der Waals surface area contributed by atoms with E-state index in [9.17, 15) is 4.79 Å². The first-order valence-corrected chi connectivity index (χ1v) is 9.59. The fourth-order valence-corrected chi connectivity index (χ4v) is 4.00. The van der Waals surface area contributed by atoms with E-state index in [1.807, 2.05) is 40.5 Å². The predicted molar refractivity (Wildman–Crippen MR) is 103 cm³/mol. The molecule has 1 N–H and O–H groups in total. The zero-order valence-corrected chi connectivity index (χ0v) is 16.5. The number of piperidine rings is 1. The molecule has 4 heterocycles. The van der Waals surface area contributed by atoms with E-state index in [1.54, 1.807) is 6.20 Å². The maximum absolute atomic E-state index is 13.2. The van der Waals surface area contributed by atoms with Crippen molar-refractivity contribution in [1.82, 2.24) is 29.4 Å². The van der Waals surface area contributed by atoms with Gasteiger partial charge in [0.2, 0.25) is 0 Å². The van der Waals surface area contributed by atoms with Gasteiger partial charge in [-0.05, 0) is 38.3 Å². The summed E-state index contributed by atoms with van der Waals surface area (Å²) in [7, 11) is 1.99. The number of aryl methyl sites for hydroxylation is 2. The zero-order valence-electron chi connectivity index (χ0n) is 16.5. The molecule has 9 heteroatoms. The average molecular weight is 388 g/mol. The third kappa shape index (κ3) is 3.94. The second kappa shape index (κ2) is 8.55. The lowest BCUT2D eigenvalue weighted by molar-refractivity contribution is -0.148. The van der Waals surface area contributed by atoms with Crippen LogP contribution in [0, 0.1) is 6.92 Å². The monoisotopic (exact) mass is 388 g/mol. The average Bonchev–Trinajstić information content (AvgIpc) is 3.25. The van der Waals surface area contributed by atoms with Gasteiger partial charge >= 0.3 is 0 Å². The lowest BCUT2D eigenvalue weighted by Gasteiger charge is -2.45. The number of hydrogen-bond acceptors (Lipinski definition) is 5. The molecule has 4 rings (SSSR count). The highest BCUT2D eigenvalue weighted by molar-refractivity contribution is 5.85. The van der Waals surface area contributed by atoms with Gasteiger partial charge in [-0.3, -0.25) is 23.9 Å². The largest absolute Gasteiger partial charge is 0.483 e. The van der Waals surface area contributed by atoms with Crippen LogP contribution >= 0.6 is 0 Å². The van der Waals surface area contributed by atoms with E-state index in [1.165, 1.54) is 5.69 Å². The topological polar surface area (TPSA) is 96.5 Å². The lowest BCUT2D eigenvalue weighted by atomic mass is 9.85. The van der Waals surface area contributed by atoms with Gasteiger partial charge in [-0.1, -0.05) is 0 Å². The molecule has 9 nitrogen and oxygen atoms in total. The van der Waals surface area contributed by atoms with Crippen molar-refractivity contribution in [1.29, 1.82) is 0 Å². The van der Waals surface area contributed by atoms with E-state index < -0.39 is 5.54 Å². The first-order chi connectivity index (χ1) is 13.5. The summed E-state index contributed by atoms with van der Waals surface area (Å²) in [6.07, 6.45) is 6.45. The Hall–Kier alpha value is -2.68. The van der Waals surface area contributed by atoms with Crippen LogP contribution in [-0.2, 0) is 28.7 Å². The molecule has 0 radical (unpaired) electrons. The summed E-state index contributed by atoms with van der Waals surface area (Å²) < 4.78 is 3.86. The molecule has 0 atom stereocenters. The van der Waals surface area contributed by atoms with Gasteiger partial charge in [-0.15, -0.1) is 0 Å². The molecule has 0 spiro atoms. The molecule has 28 heavy (non-hydrogen) atoms. The van der Waals surface area contributed by atoms with Crippen molar-refractivity contribution in [2.45, 2.75) is 38.3 Å². The number of aromatic nitrogens is 4. The van der Waals surface area contributed by atoms with Crippen LogP contribution < -0.4 is 0 Å². The normalized spacial score (nSPS) is 18.7. The van der Waals surface area contributed by atoms with Crippen LogP contribution in [0.1, 0.15) is 30.7 Å². The minimum atomic E-state index is -0.511. The molecule has 2 aromatic rings. The third-order valence-electron chi connectivity index (χ3n) is 5.65. The number of carboxylic acid groups (broad SMARTS) is 1. The van der Waals surface area contributed by atoms with E-state index in [2.05, 4.69) is 21.2 Å². The summed E-state index contributed by atoms with van der Waals surface area (Å²) in [4.78, 5) is 25.9. The first-order valence-electron chi connectivity index (χ1n) is 9.59. The van der Waals surface area contributed by atoms with Gasteiger partial charge in [0.25, 0.3) is 12.4 Å². The Balaban J connectivity index is 0.000000706. The highest BCUT2D eigenvalue weighted by atomic mass is 16.3. The SMILES string of the molecule is Cc1cc(CN2CCC(C(=O)N3CCC3)(n3cccn3)CC2)n(C)n1.O=CO. The van der Waals surface area contributed by atoms with Crippen molar-refractivity contribution >= 4 is 12.4 Å². The molecule has 2 aliphatic heterocycles. The van der Waals surface area contributed by atoms with Crippen molar-refractivity contribution in [3.05, 3.63) is 35.9 Å². The molecular formula is C19H28N6O3. The summed E-state index contributed by atoms with van der Waals surface area (Å²) in [6.45, 7) is 6.21. The van der Waals surface area contributed by atoms with Crippen LogP contribution in [0.2, 0.25) is 0 Å². The Kier molecular flexibility index (Phi) is 6.13. The highest BCUT2D eigenvalue weighted by Crippen LogP contribution is 2.33. The van der Waals surface area contributed by atoms with Crippen LogP contribution in [0.4, 0.5) is 0 Å². The Morgan fingerprint density at radius 1 is 1.29 bits per heavy atom. The summed E-state index contributed by atoms with van der Waals surface area (Å²) in [5.74, 6) is 0.249. The maximum Gasteiger partial charge on any atom is 0.290 e. The van der Waals surface area contributed by atoms with Crippen LogP contribution in [-0.4, -0.2) is 73.0 Å². The van der Waals surface area contributed by atoms with Crippen molar-refractivity contribution in [2.24, 2.45) is 7.05 Å². The van der Waals surface area contributed by atoms with Crippen molar-refractivity contribution < 1.29 is 14.7 Å². The Morgan fingerprint density at radius 3 is 2.43 bits per heavy atom. The molecule has 2 fully saturated rings. The van der Waals surface area contributed by atoms with Gasteiger partial charge in [0.1, 0.15) is 5.54 Å². The summed E-state index contributed by atoms with van der Waals surface area (Å²) in [5, 5.41) is 15.8. The summed E-state index contributed by atoms with van der Waals surface area (Å²) >= 11 is 0. The van der Waals surface area contributed by atoms with Gasteiger partial charge in [0.05, 0.1) is 11.4 Å². The number of carbonyl (C=O) groups is 2. The smallest absolute Gasteiger partial charge is 0.290 e. The fraction of sp³-hybridized carbons (Fsp3) is 0.579. The van der Waals surface area contributed by atoms with Crippen molar-refractivity contribution in [3.8, 4) is 0 Å². The standard InChI is InChI=1S/C18H26N6O.CH2O2/c1-15-13-16(21(2)20-15)14-22-11-5-18(6-12-22,24-10-3-7-19-24)17(25)23-8-4-9-23;2-1-3/h3,7,10,13H,4-6,8-9,11-12,14H2,1-2H3;1H,(H,2,3). The van der Waals surface area contributed by atoms with Crippen molar-refractivity contribution in [3.63, 3.8) is 0 Å². The van der Waals surface area contributed by atoms with E-state index in [-0.39, 0.29) is 12.4 Å². The molecule has 0 aliphatic carbocycles. The minimum absolute atomic E-state index is 0.249. The second-order valence-electron chi connectivity index (χ2n) is 7.41. The van der Waals surface area contributed by atoms with E-state index in [4.69, 9.17) is 9.90 Å². The molecule has 0 aromatic carbocycles. The fourth-order valence-electron chi connectivity index (χ4n) is 4.00. The predicted octanol–water partition coefficient (Wildman–Crippen LogP) is 0.849. The lowest BCUT2D eigenvalue weighted by Crippen LogP contribution is -2.59. The van der Waals surface area contributed by atoms with Gasteiger partial charge in [-0.25, -0.2) is 0 Å². The Morgan fingerprint density at radius 2 is 1.96 bits per heavy atom. The molecule has 2 aromatic heterocycles. The molecule has 2 saturated heterocycles. The Bertz CT molecular complexity index is 789. The summed E-state index contributed by atoms with van der Waals surface area (Å²) in [6, 6.07) is 4.05. The Labute approximate surface area is 164 Å². The number of hydrogen-bond donors (Lipinski definition) is 1. The van der Waals surface area contributed by atoms with Gasteiger partial charge in [-0.2, -0.15) is 10.2 Å². The van der Waals surface area contributed by atoms with Crippen LogP contribution in [0.15, 0.2) is 24.5 Å². The molecule has 152 valence electrons. The second-order valence-corrected chi connectivity index (χ2v) is 7.41. The van der Waals surface area contributed by atoms with Gasteiger partial charge in [0, 0.05) is 52.2 Å². The molecule has 2 aliphatic rings. The first kappa shape index (κ1) is 20.1. The maximum atomic E-state index is 13.2. The third-order valence-corrected chi connectivity index (χ3v) is 5.65. The molecule has 0 unspecified atom stereocenters. The number of nitrogens with zero attached hydrogens (tertiary/aromatic N) is 6. The zero-order chi connectivity index (χ0) is 20.1. The number of carbonyl (C=O) groups excluding carboxylic acids is 1. The highest BCUT2D eigenvalue weighted by Gasteiger charge is 2.46. The number of rotatable bonds is 4. The van der Waals surface area contributed by atoms with Gasteiger partial charge in [0.15, 0.2) is 0 Å². The number of amides is 1. The molecular weight excluding hydrogens is 360 g/mol. The molecule has 0 bridgehead atoms. The quantitative estimate of drug-likeness (QED) is 0.780. The summed E-state index contributed by atoms with van der Waals surface area (Å²) in [5.41, 5.74) is 1.76. The van der Waals surface area contributed by atoms with Gasteiger partial charge < -0.3 is 10.0 Å². The van der Waals surface area contributed by atoms with Crippen LogP contribution in [0.25, 0.3) is 0 Å². The van der Waals surface area contributed by atoms with Crippen LogP contribution in [0.3, 0.4) is 0 Å². The van der Waals surface area contributed by atoms with E-state index in [0.29, 0.717) is 0 Å². The minimum Gasteiger partial charge on any atom is -0.483 e. The molecule has 0 saturated carbocycles. The van der Waals surface area contributed by atoms with E-state index in [0.717, 1.165) is 57.7 Å². The van der Waals surface area contributed by atoms with E-state index >= 15 is 0 Å². The van der Waals surface area contributed by atoms with Crippen LogP contribution in [0.5, 0.6) is 0 Å². The molecule has 1 amide bonds. The number of likely N-dealkylation sites (tertiary alicyclic amines) is 2.